The zero-order valence-electron chi connectivity index (χ0n) is 18.6. The zero-order chi connectivity index (χ0) is 28.0. The lowest BCUT2D eigenvalue weighted by Crippen LogP contribution is -2.47. The van der Waals surface area contributed by atoms with Gasteiger partial charge < -0.3 is 19.9 Å². The number of rotatable bonds is 6. The van der Waals surface area contributed by atoms with Crippen molar-refractivity contribution < 1.29 is 54.5 Å². The highest BCUT2D eigenvalue weighted by molar-refractivity contribution is 6.33. The van der Waals surface area contributed by atoms with Gasteiger partial charge in [-0.05, 0) is 0 Å². The number of imidazole rings is 1. The first-order chi connectivity index (χ1) is 16.9. The van der Waals surface area contributed by atoms with Crippen LogP contribution in [0.2, 0.25) is 5.15 Å². The van der Waals surface area contributed by atoms with Crippen LogP contribution in [-0.2, 0) is 30.3 Å². The summed E-state index contributed by atoms with van der Waals surface area (Å²) in [7, 11) is 0. The van der Waals surface area contributed by atoms with E-state index >= 15 is 4.39 Å². The molecular weight excluding hydrogens is 551 g/mol. The van der Waals surface area contributed by atoms with E-state index in [0.29, 0.717) is 16.1 Å². The van der Waals surface area contributed by atoms with Gasteiger partial charge in [-0.1, -0.05) is 11.6 Å². The van der Waals surface area contributed by atoms with Crippen molar-refractivity contribution in [2.24, 2.45) is 0 Å². The summed E-state index contributed by atoms with van der Waals surface area (Å²) in [4.78, 5) is 43.3. The van der Waals surface area contributed by atoms with Gasteiger partial charge in [0, 0.05) is 20.4 Å². The second-order valence-corrected chi connectivity index (χ2v) is 8.15. The van der Waals surface area contributed by atoms with Gasteiger partial charge in [-0.15, -0.1) is 0 Å². The minimum atomic E-state index is -5.38. The summed E-state index contributed by atoms with van der Waals surface area (Å²) in [5, 5.41) is -0.607. The predicted octanol–water partition coefficient (Wildman–Crippen LogP) is 2.44. The van der Waals surface area contributed by atoms with Gasteiger partial charge in [0.05, 0.1) is 6.42 Å². The van der Waals surface area contributed by atoms with Gasteiger partial charge in [-0.2, -0.15) is 36.3 Å². The van der Waals surface area contributed by atoms with E-state index in [1.807, 2.05) is 0 Å². The second kappa shape index (κ2) is 9.96. The van der Waals surface area contributed by atoms with Crippen molar-refractivity contribution >= 4 is 40.7 Å². The number of halogens is 8. The van der Waals surface area contributed by atoms with Crippen molar-refractivity contribution in [3.05, 3.63) is 15.6 Å². The average Bonchev–Trinajstić information content (AvgIpc) is 3.16. The van der Waals surface area contributed by atoms with Crippen LogP contribution in [0.15, 0.2) is 4.79 Å². The molecule has 0 saturated carbocycles. The van der Waals surface area contributed by atoms with Crippen LogP contribution in [-0.4, -0.2) is 67.9 Å². The number of ether oxygens (including phenoxy) is 3. The molecule has 1 aliphatic heterocycles. The molecule has 0 aromatic carbocycles. The lowest BCUT2D eigenvalue weighted by Gasteiger charge is -2.26. The molecule has 1 fully saturated rings. The first-order valence-electron chi connectivity index (χ1n) is 10.1. The van der Waals surface area contributed by atoms with Gasteiger partial charge in [0.1, 0.15) is 11.6 Å². The van der Waals surface area contributed by atoms with Gasteiger partial charge in [0.15, 0.2) is 29.3 Å². The number of fused-ring (bicyclic) bond motifs is 1. The molecule has 11 nitrogen and oxygen atoms in total. The largest absolute Gasteiger partial charge is 0.454 e. The number of nitrogen functional groups attached to an aromatic ring is 1. The Morgan fingerprint density at radius 2 is 1.78 bits per heavy atom. The van der Waals surface area contributed by atoms with Crippen LogP contribution in [0, 0.1) is 0 Å². The highest BCUT2D eigenvalue weighted by Gasteiger charge is 2.60. The fraction of sp³-hybridized carbons (Fsp3) is 0.611. The van der Waals surface area contributed by atoms with E-state index in [2.05, 4.69) is 14.7 Å². The Bertz CT molecular complexity index is 1260. The van der Waals surface area contributed by atoms with E-state index < -0.39 is 95.9 Å². The Hall–Kier alpha value is -3.15. The molecule has 3 heterocycles. The molecule has 2 N–H and O–H groups in total. The fourth-order valence-corrected chi connectivity index (χ4v) is 4.01. The van der Waals surface area contributed by atoms with E-state index in [-0.39, 0.29) is 0 Å². The van der Waals surface area contributed by atoms with Crippen molar-refractivity contribution in [2.75, 3.05) is 5.73 Å². The van der Waals surface area contributed by atoms with Crippen LogP contribution >= 0.6 is 11.6 Å². The summed E-state index contributed by atoms with van der Waals surface area (Å²) < 4.78 is 110. The Morgan fingerprint density at radius 3 is 2.30 bits per heavy atom. The predicted molar refractivity (Wildman–Crippen MR) is 108 cm³/mol. The molecule has 2 aromatic rings. The van der Waals surface area contributed by atoms with Crippen molar-refractivity contribution in [3.63, 3.8) is 0 Å². The molecule has 19 heteroatoms. The molecule has 0 amide bonds. The van der Waals surface area contributed by atoms with Crippen molar-refractivity contribution in [2.45, 2.75) is 69.9 Å². The van der Waals surface area contributed by atoms with Gasteiger partial charge >= 0.3 is 30.0 Å². The van der Waals surface area contributed by atoms with Crippen molar-refractivity contribution in [3.8, 4) is 0 Å². The van der Waals surface area contributed by atoms with Crippen LogP contribution in [0.4, 0.5) is 36.7 Å². The number of aromatic nitrogens is 4. The number of carbonyl (C=O) groups is 2. The maximum Gasteiger partial charge on any atom is 0.428 e. The van der Waals surface area contributed by atoms with Gasteiger partial charge in [0.25, 0.3) is 0 Å². The Morgan fingerprint density at radius 1 is 1.16 bits per heavy atom. The molecule has 206 valence electrons. The molecule has 5 atom stereocenters. The van der Waals surface area contributed by atoms with E-state index in [0.717, 1.165) is 6.92 Å². The quantitative estimate of drug-likeness (QED) is 0.316. The normalized spacial score (nSPS) is 23.3. The zero-order valence-corrected chi connectivity index (χ0v) is 19.4. The monoisotopic (exact) mass is 567 g/mol. The molecule has 3 rings (SSSR count). The standard InChI is InChI=1S/C18H17ClF7N5O6/c1-5(32)35-10-7(20)9(11(18(24,25)26)36-6(2)33)37-14(10)31-13-8(12(19)28-15(27)29-13)30(16(31)34)4-3-17(21,22)23/h7,9-11,14H,3-4H2,1-2H3,(H2,27,28,29)/t7-,9-,10+,11+,14+/m0/s1. The third-order valence-electron chi connectivity index (χ3n) is 5.07. The summed E-state index contributed by atoms with van der Waals surface area (Å²) in [6.45, 7) is 0.337. The summed E-state index contributed by atoms with van der Waals surface area (Å²) >= 11 is 5.96. The number of alkyl halides is 7. The molecule has 0 spiro atoms. The number of nitrogens with zero attached hydrogens (tertiary/aromatic N) is 4. The minimum Gasteiger partial charge on any atom is -0.454 e. The van der Waals surface area contributed by atoms with Crippen molar-refractivity contribution in [1.29, 1.82) is 0 Å². The first kappa shape index (κ1) is 28.4. The van der Waals surface area contributed by atoms with Crippen molar-refractivity contribution in [1.82, 2.24) is 19.1 Å². The fourth-order valence-electron chi connectivity index (χ4n) is 3.74. The maximum absolute atomic E-state index is 15.3. The summed E-state index contributed by atoms with van der Waals surface area (Å²) in [5.41, 5.74) is 2.94. The number of aryl methyl sites for hydroxylation is 1. The van der Waals surface area contributed by atoms with Crippen LogP contribution < -0.4 is 11.4 Å². The molecule has 1 saturated heterocycles. The molecule has 2 aromatic heterocycles. The van der Waals surface area contributed by atoms with Gasteiger partial charge in [-0.25, -0.2) is 13.8 Å². The van der Waals surface area contributed by atoms with E-state index in [1.165, 1.54) is 0 Å². The third-order valence-corrected chi connectivity index (χ3v) is 5.33. The highest BCUT2D eigenvalue weighted by atomic mass is 35.5. The number of esters is 2. The van der Waals surface area contributed by atoms with E-state index in [1.54, 1.807) is 0 Å². The lowest BCUT2D eigenvalue weighted by molar-refractivity contribution is -0.252. The number of hydrogen-bond acceptors (Lipinski definition) is 9. The molecule has 0 bridgehead atoms. The third kappa shape index (κ3) is 5.89. The molecule has 0 unspecified atom stereocenters. The highest BCUT2D eigenvalue weighted by Crippen LogP contribution is 2.41. The van der Waals surface area contributed by atoms with Gasteiger partial charge in [-0.3, -0.25) is 14.2 Å². The van der Waals surface area contributed by atoms with E-state index in [4.69, 9.17) is 26.8 Å². The van der Waals surface area contributed by atoms with Crippen LogP contribution in [0.1, 0.15) is 26.5 Å². The summed E-state index contributed by atoms with van der Waals surface area (Å²) in [6, 6.07) is 0. The summed E-state index contributed by atoms with van der Waals surface area (Å²) in [6.07, 6.45) is -24.9. The molecule has 1 aliphatic rings. The summed E-state index contributed by atoms with van der Waals surface area (Å²) in [5.74, 6) is -3.28. The first-order valence-corrected chi connectivity index (χ1v) is 10.5. The number of hydrogen-bond donors (Lipinski definition) is 1. The second-order valence-electron chi connectivity index (χ2n) is 7.80. The van der Waals surface area contributed by atoms with Crippen LogP contribution in [0.3, 0.4) is 0 Å². The molecule has 37 heavy (non-hydrogen) atoms. The Kier molecular flexibility index (Phi) is 7.65. The average molecular weight is 568 g/mol. The van der Waals surface area contributed by atoms with E-state index in [9.17, 15) is 40.7 Å². The smallest absolute Gasteiger partial charge is 0.428 e. The number of anilines is 1. The maximum atomic E-state index is 15.3. The SMILES string of the molecule is CC(=O)O[C@@H]1[C@@H](F)[C@@H]([C@@H](OC(C)=O)C(F)(F)F)O[C@H]1n1c(=O)n(CCC(F)(F)F)c2c(Cl)nc(N)nc21. The number of nitrogens with two attached hydrogens (primary N) is 1. The molecule has 0 radical (unpaired) electrons. The molecule has 0 aliphatic carbocycles. The van der Waals surface area contributed by atoms with Crippen LogP contribution in [0.25, 0.3) is 11.2 Å². The van der Waals surface area contributed by atoms with Crippen LogP contribution in [0.5, 0.6) is 0 Å². The topological polar surface area (TPSA) is 141 Å². The molecular formula is C18H17ClF7N5O6. The minimum absolute atomic E-state index is 0.344. The Balaban J connectivity index is 2.22. The van der Waals surface area contributed by atoms with Gasteiger partial charge in [0.2, 0.25) is 12.1 Å². The lowest BCUT2D eigenvalue weighted by atomic mass is 10.1. The number of carbonyl (C=O) groups excluding carboxylic acids is 2. The Labute approximate surface area is 206 Å².